The summed E-state index contributed by atoms with van der Waals surface area (Å²) in [6.07, 6.45) is 3.80. The first-order valence-electron chi connectivity index (χ1n) is 11.8. The SMILES string of the molecule is CC(=NCCc1ccccc1)C1=C(O)[C@@H]2[C@H]3c4c[nH]c5cccc(c45)C[C@H]3C(C)(C)N2C1=O. The molecule has 3 aliphatic rings. The minimum Gasteiger partial charge on any atom is -0.509 e. The molecule has 0 spiro atoms. The molecule has 5 heteroatoms. The molecule has 0 saturated carbocycles. The Kier molecular flexibility index (Phi) is 4.35. The zero-order chi connectivity index (χ0) is 22.9. The van der Waals surface area contributed by atoms with E-state index in [2.05, 4.69) is 55.4 Å². The van der Waals surface area contributed by atoms with Crippen LogP contribution in [0.25, 0.3) is 10.9 Å². The lowest BCUT2D eigenvalue weighted by atomic mass is 9.69. The average molecular weight is 440 g/mol. The van der Waals surface area contributed by atoms with Crippen LogP contribution in [0.4, 0.5) is 0 Å². The van der Waals surface area contributed by atoms with Crippen molar-refractivity contribution in [2.45, 2.75) is 51.1 Å². The summed E-state index contributed by atoms with van der Waals surface area (Å²) >= 11 is 0. The van der Waals surface area contributed by atoms with Crippen LogP contribution in [0, 0.1) is 5.92 Å². The molecule has 2 N–H and O–H groups in total. The van der Waals surface area contributed by atoms with Gasteiger partial charge in [-0.3, -0.25) is 9.79 Å². The number of carbonyl (C=O) groups excluding carboxylic acids is 1. The molecule has 3 atom stereocenters. The van der Waals surface area contributed by atoms with Crippen molar-refractivity contribution in [2.24, 2.45) is 10.9 Å². The molecule has 3 aromatic rings. The Balaban J connectivity index is 1.38. The summed E-state index contributed by atoms with van der Waals surface area (Å²) < 4.78 is 0. The largest absolute Gasteiger partial charge is 0.509 e. The van der Waals surface area contributed by atoms with E-state index in [1.165, 1.54) is 22.1 Å². The van der Waals surface area contributed by atoms with E-state index in [1.54, 1.807) is 0 Å². The molecular formula is C28H29N3O2. The Morgan fingerprint density at radius 2 is 1.97 bits per heavy atom. The van der Waals surface area contributed by atoms with Gasteiger partial charge in [-0.2, -0.15) is 0 Å². The van der Waals surface area contributed by atoms with E-state index >= 15 is 0 Å². The Morgan fingerprint density at radius 3 is 2.76 bits per heavy atom. The van der Waals surface area contributed by atoms with E-state index in [0.717, 1.165) is 18.4 Å². The van der Waals surface area contributed by atoms with Crippen LogP contribution < -0.4 is 0 Å². The van der Waals surface area contributed by atoms with Crippen molar-refractivity contribution in [2.75, 3.05) is 6.54 Å². The summed E-state index contributed by atoms with van der Waals surface area (Å²) in [7, 11) is 0. The number of hydrogen-bond acceptors (Lipinski definition) is 3. The van der Waals surface area contributed by atoms with E-state index in [-0.39, 0.29) is 35.1 Å². The third-order valence-electron chi connectivity index (χ3n) is 8.12. The number of aliphatic hydroxyl groups is 1. The zero-order valence-electron chi connectivity index (χ0n) is 19.3. The molecule has 0 bridgehead atoms. The number of benzene rings is 2. The summed E-state index contributed by atoms with van der Waals surface area (Å²) in [5, 5.41) is 12.7. The molecule has 5 nitrogen and oxygen atoms in total. The van der Waals surface area contributed by atoms with Gasteiger partial charge in [0.25, 0.3) is 5.91 Å². The fourth-order valence-electron chi connectivity index (χ4n) is 6.55. The highest BCUT2D eigenvalue weighted by atomic mass is 16.3. The second-order valence-corrected chi connectivity index (χ2v) is 10.2. The van der Waals surface area contributed by atoms with Crippen molar-refractivity contribution >= 4 is 22.5 Å². The molecule has 6 rings (SSSR count). The summed E-state index contributed by atoms with van der Waals surface area (Å²) in [4.78, 5) is 23.8. The predicted molar refractivity (Wildman–Crippen MR) is 131 cm³/mol. The number of H-pyrrole nitrogens is 1. The maximum absolute atomic E-state index is 13.7. The van der Waals surface area contributed by atoms with Crippen LogP contribution >= 0.6 is 0 Å². The maximum atomic E-state index is 13.7. The van der Waals surface area contributed by atoms with E-state index in [4.69, 9.17) is 4.99 Å². The fourth-order valence-corrected chi connectivity index (χ4v) is 6.55. The Bertz CT molecular complexity index is 1330. The van der Waals surface area contributed by atoms with Gasteiger partial charge in [0, 0.05) is 40.8 Å². The van der Waals surface area contributed by atoms with Gasteiger partial charge in [0.2, 0.25) is 0 Å². The van der Waals surface area contributed by atoms with Gasteiger partial charge in [0.1, 0.15) is 5.76 Å². The van der Waals surface area contributed by atoms with E-state index in [0.29, 0.717) is 17.8 Å². The number of nitrogens with one attached hydrogen (secondary N) is 1. The van der Waals surface area contributed by atoms with Crippen LogP contribution in [0.3, 0.4) is 0 Å². The number of hydrogen-bond donors (Lipinski definition) is 2. The smallest absolute Gasteiger partial charge is 0.260 e. The average Bonchev–Trinajstić information content (AvgIpc) is 3.41. The molecule has 2 aromatic carbocycles. The second-order valence-electron chi connectivity index (χ2n) is 10.2. The quantitative estimate of drug-likeness (QED) is 0.565. The van der Waals surface area contributed by atoms with Gasteiger partial charge in [0.05, 0.1) is 11.6 Å². The first kappa shape index (κ1) is 20.3. The summed E-state index contributed by atoms with van der Waals surface area (Å²) in [5.41, 5.74) is 5.54. The lowest BCUT2D eigenvalue weighted by Gasteiger charge is -2.37. The van der Waals surface area contributed by atoms with Gasteiger partial charge < -0.3 is 15.0 Å². The molecule has 33 heavy (non-hydrogen) atoms. The van der Waals surface area contributed by atoms with E-state index in [1.807, 2.05) is 30.0 Å². The number of aromatic nitrogens is 1. The van der Waals surface area contributed by atoms with Crippen molar-refractivity contribution in [1.82, 2.24) is 9.88 Å². The van der Waals surface area contributed by atoms with Crippen molar-refractivity contribution in [3.05, 3.63) is 82.8 Å². The Hall–Kier alpha value is -3.34. The molecule has 1 amide bonds. The monoisotopic (exact) mass is 439 g/mol. The summed E-state index contributed by atoms with van der Waals surface area (Å²) in [6.45, 7) is 6.74. The number of aliphatic imine (C=N–C) groups is 1. The minimum atomic E-state index is -0.371. The highest BCUT2D eigenvalue weighted by Gasteiger charge is 2.62. The third kappa shape index (κ3) is 2.78. The van der Waals surface area contributed by atoms with Crippen molar-refractivity contribution in [1.29, 1.82) is 0 Å². The van der Waals surface area contributed by atoms with Crippen LogP contribution in [0.15, 0.2) is 71.1 Å². The number of amides is 1. The number of fused-ring (bicyclic) bond motifs is 4. The van der Waals surface area contributed by atoms with Crippen LogP contribution in [-0.2, 0) is 17.6 Å². The Labute approximate surface area is 193 Å². The van der Waals surface area contributed by atoms with Crippen LogP contribution in [-0.4, -0.2) is 44.7 Å². The minimum absolute atomic E-state index is 0.0715. The van der Waals surface area contributed by atoms with Crippen LogP contribution in [0.5, 0.6) is 0 Å². The zero-order valence-corrected chi connectivity index (χ0v) is 19.3. The molecule has 2 aliphatic heterocycles. The lowest BCUT2D eigenvalue weighted by Crippen LogP contribution is -2.47. The topological polar surface area (TPSA) is 68.7 Å². The highest BCUT2D eigenvalue weighted by molar-refractivity contribution is 6.23. The van der Waals surface area contributed by atoms with Gasteiger partial charge in [-0.1, -0.05) is 42.5 Å². The molecule has 1 fully saturated rings. The summed E-state index contributed by atoms with van der Waals surface area (Å²) in [6, 6.07) is 16.3. The fraction of sp³-hybridized carbons (Fsp3) is 0.357. The molecule has 0 unspecified atom stereocenters. The van der Waals surface area contributed by atoms with Crippen molar-refractivity contribution in [3.8, 4) is 0 Å². The standard InChI is InChI=1S/C28H29N3O2/c1-16(29-13-12-17-8-5-4-6-9-17)22-26(32)25-24-19-15-30-21-11-7-10-18(23(19)21)14-20(24)28(2,3)31(25)27(22)33/h4-11,15,20,24-25,30,32H,12-14H2,1-3H3/t20-,24+,25+/m1/s1. The van der Waals surface area contributed by atoms with E-state index in [9.17, 15) is 9.90 Å². The molecule has 0 radical (unpaired) electrons. The van der Waals surface area contributed by atoms with Gasteiger partial charge in [-0.25, -0.2) is 0 Å². The van der Waals surface area contributed by atoms with Gasteiger partial charge in [-0.15, -0.1) is 0 Å². The lowest BCUT2D eigenvalue weighted by molar-refractivity contribution is -0.130. The number of nitrogens with zero attached hydrogens (tertiary/aromatic N) is 2. The van der Waals surface area contributed by atoms with Crippen molar-refractivity contribution < 1.29 is 9.90 Å². The number of rotatable bonds is 4. The molecule has 1 aliphatic carbocycles. The molecular weight excluding hydrogens is 410 g/mol. The maximum Gasteiger partial charge on any atom is 0.260 e. The van der Waals surface area contributed by atoms with Gasteiger partial charge in [-0.05, 0) is 62.3 Å². The molecule has 1 aromatic heterocycles. The first-order chi connectivity index (χ1) is 15.9. The van der Waals surface area contributed by atoms with E-state index < -0.39 is 0 Å². The van der Waals surface area contributed by atoms with Crippen molar-refractivity contribution in [3.63, 3.8) is 0 Å². The van der Waals surface area contributed by atoms with Crippen LogP contribution in [0.2, 0.25) is 0 Å². The molecule has 3 heterocycles. The molecule has 168 valence electrons. The van der Waals surface area contributed by atoms with Crippen LogP contribution in [0.1, 0.15) is 43.4 Å². The van der Waals surface area contributed by atoms with Gasteiger partial charge in [0.15, 0.2) is 0 Å². The first-order valence-corrected chi connectivity index (χ1v) is 11.8. The second kappa shape index (κ2) is 7.08. The van der Waals surface area contributed by atoms with Gasteiger partial charge >= 0.3 is 0 Å². The molecule has 1 saturated heterocycles. The normalized spacial score (nSPS) is 25.7. The highest BCUT2D eigenvalue weighted by Crippen LogP contribution is 2.58. The third-order valence-corrected chi connectivity index (χ3v) is 8.12. The summed E-state index contributed by atoms with van der Waals surface area (Å²) in [5.74, 6) is 0.422. The Morgan fingerprint density at radius 1 is 1.18 bits per heavy atom. The predicted octanol–water partition coefficient (Wildman–Crippen LogP) is 4.94. The number of aromatic amines is 1. The number of aliphatic hydroxyl groups excluding tert-OH is 1. The number of carbonyl (C=O) groups is 1.